The van der Waals surface area contributed by atoms with Gasteiger partial charge < -0.3 is 4.90 Å². The highest BCUT2D eigenvalue weighted by atomic mass is 16.2. The average Bonchev–Trinajstić information content (AvgIpc) is 3.12. The molecule has 5 heteroatoms. The first-order chi connectivity index (χ1) is 16.8. The first-order valence-corrected chi connectivity index (χ1v) is 11.7. The van der Waals surface area contributed by atoms with Crippen LogP contribution in [0.5, 0.6) is 0 Å². The largest absolute Gasteiger partial charge is 0.303 e. The van der Waals surface area contributed by atoms with Gasteiger partial charge in [-0.2, -0.15) is 5.10 Å². The lowest BCUT2D eigenvalue weighted by Crippen LogP contribution is -2.26. The van der Waals surface area contributed by atoms with E-state index in [9.17, 15) is 9.59 Å². The molecule has 0 saturated carbocycles. The maximum absolute atomic E-state index is 13.0. The lowest BCUT2D eigenvalue weighted by Gasteiger charge is -2.18. The van der Waals surface area contributed by atoms with E-state index in [4.69, 9.17) is 0 Å². The number of carbonyl (C=O) groups is 2. The van der Waals surface area contributed by atoms with Gasteiger partial charge in [0.2, 0.25) is 0 Å². The summed E-state index contributed by atoms with van der Waals surface area (Å²) in [5.41, 5.74) is 7.95. The molecule has 1 N–H and O–H groups in total. The van der Waals surface area contributed by atoms with E-state index in [1.807, 2.05) is 60.7 Å². The topological polar surface area (TPSA) is 61.8 Å². The van der Waals surface area contributed by atoms with E-state index in [0.29, 0.717) is 12.1 Å². The summed E-state index contributed by atoms with van der Waals surface area (Å²) in [5.74, 6) is -0.281. The zero-order valence-electron chi connectivity index (χ0n) is 20.1. The van der Waals surface area contributed by atoms with Crippen LogP contribution in [0.15, 0.2) is 90.0 Å². The molecule has 4 aromatic carbocycles. The van der Waals surface area contributed by atoms with E-state index in [0.717, 1.165) is 33.2 Å². The number of carbonyl (C=O) groups excluding carboxylic acids is 2. The molecule has 1 aliphatic heterocycles. The molecule has 0 unspecified atom stereocenters. The van der Waals surface area contributed by atoms with E-state index in [1.54, 1.807) is 23.2 Å². The van der Waals surface area contributed by atoms with Crippen LogP contribution in [0.4, 0.5) is 5.69 Å². The molecule has 5 nitrogen and oxygen atoms in total. The van der Waals surface area contributed by atoms with Crippen molar-refractivity contribution in [2.45, 2.75) is 32.7 Å². The summed E-state index contributed by atoms with van der Waals surface area (Å²) in [6, 6.07) is 27.2. The third kappa shape index (κ3) is 4.45. The van der Waals surface area contributed by atoms with Crippen molar-refractivity contribution >= 4 is 34.5 Å². The number of hydrogen-bond donors (Lipinski definition) is 1. The Labute approximate surface area is 205 Å². The molecule has 4 aromatic rings. The molecule has 5 rings (SSSR count). The van der Waals surface area contributed by atoms with Crippen molar-refractivity contribution in [3.05, 3.63) is 113 Å². The van der Waals surface area contributed by atoms with Gasteiger partial charge in [-0.05, 0) is 51.8 Å². The second-order valence-corrected chi connectivity index (χ2v) is 9.84. The first kappa shape index (κ1) is 22.5. The number of hydrogen-bond acceptors (Lipinski definition) is 3. The lowest BCUT2D eigenvalue weighted by atomic mass is 9.87. The Balaban J connectivity index is 1.23. The molecule has 0 spiro atoms. The minimum absolute atomic E-state index is 0.00323. The number of anilines is 1. The smallest absolute Gasteiger partial charge is 0.271 e. The molecule has 1 aliphatic rings. The number of benzene rings is 4. The van der Waals surface area contributed by atoms with Gasteiger partial charge in [0.1, 0.15) is 0 Å². The molecule has 0 atom stereocenters. The average molecular weight is 462 g/mol. The second-order valence-electron chi connectivity index (χ2n) is 9.84. The zero-order chi connectivity index (χ0) is 24.6. The van der Waals surface area contributed by atoms with Crippen molar-refractivity contribution < 1.29 is 9.59 Å². The van der Waals surface area contributed by atoms with Gasteiger partial charge in [0.25, 0.3) is 11.8 Å². The van der Waals surface area contributed by atoms with Crippen LogP contribution in [-0.4, -0.2) is 18.0 Å². The van der Waals surface area contributed by atoms with Crippen molar-refractivity contribution in [2.75, 3.05) is 4.90 Å². The van der Waals surface area contributed by atoms with Crippen LogP contribution in [0.3, 0.4) is 0 Å². The highest BCUT2D eigenvalue weighted by Crippen LogP contribution is 2.38. The number of amides is 2. The minimum Gasteiger partial charge on any atom is -0.303 e. The third-order valence-electron chi connectivity index (χ3n) is 6.36. The SMILES string of the molecule is CC(C)(C)c1ccc(C=NNC(=O)c2ccc(CN3C(=O)c4cccc5cccc3c45)cc2)cc1. The van der Waals surface area contributed by atoms with Gasteiger partial charge in [0.05, 0.1) is 18.4 Å². The normalized spacial score (nSPS) is 13.1. The Morgan fingerprint density at radius 2 is 1.60 bits per heavy atom. The molecular formula is C30H27N3O2. The third-order valence-corrected chi connectivity index (χ3v) is 6.36. The van der Waals surface area contributed by atoms with Crippen LogP contribution in [0.1, 0.15) is 58.2 Å². The zero-order valence-corrected chi connectivity index (χ0v) is 20.1. The molecule has 0 aromatic heterocycles. The van der Waals surface area contributed by atoms with Crippen LogP contribution in [0.2, 0.25) is 0 Å². The summed E-state index contributed by atoms with van der Waals surface area (Å²) in [6.07, 6.45) is 1.63. The maximum Gasteiger partial charge on any atom is 0.271 e. The van der Waals surface area contributed by atoms with Gasteiger partial charge in [-0.1, -0.05) is 81.4 Å². The van der Waals surface area contributed by atoms with Gasteiger partial charge in [0.15, 0.2) is 0 Å². The van der Waals surface area contributed by atoms with E-state index in [-0.39, 0.29) is 17.2 Å². The number of hydrazone groups is 1. The Bertz CT molecular complexity index is 1440. The fourth-order valence-electron chi connectivity index (χ4n) is 4.38. The molecule has 0 radical (unpaired) electrons. The fraction of sp³-hybridized carbons (Fsp3) is 0.167. The molecule has 0 bridgehead atoms. The predicted molar refractivity (Wildman–Crippen MR) is 141 cm³/mol. The van der Waals surface area contributed by atoms with E-state index in [1.165, 1.54) is 5.56 Å². The number of nitrogens with one attached hydrogen (secondary N) is 1. The molecular weight excluding hydrogens is 434 g/mol. The Hall–Kier alpha value is -4.25. The lowest BCUT2D eigenvalue weighted by molar-refractivity contribution is 0.0953. The summed E-state index contributed by atoms with van der Waals surface area (Å²) >= 11 is 0. The molecule has 0 aliphatic carbocycles. The van der Waals surface area contributed by atoms with Crippen molar-refractivity contribution in [2.24, 2.45) is 5.10 Å². The van der Waals surface area contributed by atoms with Gasteiger partial charge in [-0.25, -0.2) is 5.43 Å². The van der Waals surface area contributed by atoms with Gasteiger partial charge in [0, 0.05) is 16.5 Å². The molecule has 35 heavy (non-hydrogen) atoms. The molecule has 0 fully saturated rings. The van der Waals surface area contributed by atoms with Gasteiger partial charge >= 0.3 is 0 Å². The summed E-state index contributed by atoms with van der Waals surface area (Å²) in [6.45, 7) is 6.95. The molecule has 1 heterocycles. The highest BCUT2D eigenvalue weighted by molar-refractivity contribution is 6.24. The van der Waals surface area contributed by atoms with E-state index >= 15 is 0 Å². The molecule has 174 valence electrons. The number of rotatable bonds is 5. The van der Waals surface area contributed by atoms with Crippen LogP contribution < -0.4 is 10.3 Å². The van der Waals surface area contributed by atoms with Crippen LogP contribution in [0.25, 0.3) is 10.8 Å². The van der Waals surface area contributed by atoms with Crippen LogP contribution in [-0.2, 0) is 12.0 Å². The second kappa shape index (κ2) is 8.84. The Kier molecular flexibility index (Phi) is 5.69. The van der Waals surface area contributed by atoms with E-state index in [2.05, 4.69) is 43.4 Å². The fourth-order valence-corrected chi connectivity index (χ4v) is 4.38. The quantitative estimate of drug-likeness (QED) is 0.290. The summed E-state index contributed by atoms with van der Waals surface area (Å²) in [7, 11) is 0. The highest BCUT2D eigenvalue weighted by Gasteiger charge is 2.29. The number of nitrogens with zero attached hydrogens (tertiary/aromatic N) is 2. The summed E-state index contributed by atoms with van der Waals surface area (Å²) in [4.78, 5) is 27.3. The molecule has 0 saturated heterocycles. The summed E-state index contributed by atoms with van der Waals surface area (Å²) in [5, 5.41) is 6.16. The van der Waals surface area contributed by atoms with Crippen molar-refractivity contribution in [3.63, 3.8) is 0 Å². The maximum atomic E-state index is 13.0. The van der Waals surface area contributed by atoms with Crippen molar-refractivity contribution in [1.29, 1.82) is 0 Å². The minimum atomic E-state index is -0.284. The molecule has 2 amide bonds. The van der Waals surface area contributed by atoms with Crippen molar-refractivity contribution in [3.8, 4) is 0 Å². The Morgan fingerprint density at radius 1 is 0.914 bits per heavy atom. The summed E-state index contributed by atoms with van der Waals surface area (Å²) < 4.78 is 0. The van der Waals surface area contributed by atoms with Crippen LogP contribution in [0, 0.1) is 0 Å². The Morgan fingerprint density at radius 3 is 2.29 bits per heavy atom. The van der Waals surface area contributed by atoms with Gasteiger partial charge in [-0.15, -0.1) is 0 Å². The first-order valence-electron chi connectivity index (χ1n) is 11.7. The van der Waals surface area contributed by atoms with E-state index < -0.39 is 0 Å². The monoisotopic (exact) mass is 461 g/mol. The van der Waals surface area contributed by atoms with Crippen LogP contribution >= 0.6 is 0 Å². The predicted octanol–water partition coefficient (Wildman–Crippen LogP) is 6.06. The van der Waals surface area contributed by atoms with Gasteiger partial charge in [-0.3, -0.25) is 9.59 Å². The standard InChI is InChI=1S/C30H27N3O2/c1-30(2,3)24-16-12-20(13-17-24)18-31-32-28(34)23-14-10-21(11-15-23)19-33-26-9-5-7-22-6-4-8-25(27(22)26)29(33)35/h4-18H,19H2,1-3H3,(H,32,34). The van der Waals surface area contributed by atoms with Crippen molar-refractivity contribution in [1.82, 2.24) is 5.43 Å².